The Morgan fingerprint density at radius 3 is 2.42 bits per heavy atom. The Hall–Kier alpha value is -1.68. The minimum Gasteiger partial charge on any atom is -0.479 e. The maximum absolute atomic E-state index is 11.8. The molecule has 1 atom stereocenters. The van der Waals surface area contributed by atoms with Crippen LogP contribution in [0.2, 0.25) is 0 Å². The average Bonchev–Trinajstić information content (AvgIpc) is 2.33. The molecule has 0 radical (unpaired) electrons. The molecule has 1 aromatic carbocycles. The number of hydrogen-bond donors (Lipinski definition) is 1. The summed E-state index contributed by atoms with van der Waals surface area (Å²) in [4.78, 5) is 25.2. The van der Waals surface area contributed by atoms with Gasteiger partial charge in [0.2, 0.25) is 5.54 Å². The number of aldehydes is 1. The molecule has 0 spiro atoms. The van der Waals surface area contributed by atoms with Crippen LogP contribution in [0.4, 0.5) is 0 Å². The Kier molecular flexibility index (Phi) is 3.71. The van der Waals surface area contributed by atoms with Gasteiger partial charge >= 0.3 is 5.97 Å². The van der Waals surface area contributed by atoms with E-state index in [1.165, 1.54) is 0 Å². The number of carbonyl (C=O) groups is 2. The molecule has 0 bridgehead atoms. The number of rotatable bonds is 5. The lowest BCUT2D eigenvalue weighted by Crippen LogP contribution is -2.59. The Morgan fingerprint density at radius 1 is 1.37 bits per heavy atom. The molecule has 1 saturated heterocycles. The summed E-state index contributed by atoms with van der Waals surface area (Å²) in [7, 11) is 0. The SMILES string of the molecule is CC(C)c1ccccc1C(C=O)(C(=O)O)N1CCC1. The van der Waals surface area contributed by atoms with Crippen molar-refractivity contribution in [3.05, 3.63) is 35.4 Å². The third-order valence-electron chi connectivity index (χ3n) is 3.84. The first-order valence-corrected chi connectivity index (χ1v) is 6.58. The van der Waals surface area contributed by atoms with E-state index < -0.39 is 11.5 Å². The Bertz CT molecular complexity index is 494. The normalized spacial score (nSPS) is 18.7. The molecule has 2 rings (SSSR count). The summed E-state index contributed by atoms with van der Waals surface area (Å²) in [6.07, 6.45) is 1.52. The Labute approximate surface area is 113 Å². The van der Waals surface area contributed by atoms with Crippen LogP contribution in [-0.4, -0.2) is 35.4 Å². The topological polar surface area (TPSA) is 57.6 Å². The molecule has 1 heterocycles. The van der Waals surface area contributed by atoms with Crippen molar-refractivity contribution in [2.24, 2.45) is 0 Å². The van der Waals surface area contributed by atoms with Crippen molar-refractivity contribution in [2.45, 2.75) is 31.7 Å². The van der Waals surface area contributed by atoms with Gasteiger partial charge in [0.15, 0.2) is 6.29 Å². The van der Waals surface area contributed by atoms with Crippen LogP contribution in [0.25, 0.3) is 0 Å². The summed E-state index contributed by atoms with van der Waals surface area (Å²) in [5.41, 5.74) is -0.00449. The number of carboxylic acid groups (broad SMARTS) is 1. The first-order valence-electron chi connectivity index (χ1n) is 6.58. The van der Waals surface area contributed by atoms with Gasteiger partial charge in [0.25, 0.3) is 0 Å². The molecule has 1 aromatic rings. The molecule has 0 aliphatic carbocycles. The molecule has 4 nitrogen and oxygen atoms in total. The maximum atomic E-state index is 11.8. The minimum atomic E-state index is -1.53. The standard InChI is InChI=1S/C15H19NO3/c1-11(2)12-6-3-4-7-13(12)15(10-17,14(18)19)16-8-5-9-16/h3-4,6-7,10-11H,5,8-9H2,1-2H3,(H,18,19). The zero-order valence-electron chi connectivity index (χ0n) is 11.3. The van der Waals surface area contributed by atoms with Crippen LogP contribution >= 0.6 is 0 Å². The van der Waals surface area contributed by atoms with E-state index >= 15 is 0 Å². The largest absolute Gasteiger partial charge is 0.479 e. The van der Waals surface area contributed by atoms with Crippen LogP contribution in [0.3, 0.4) is 0 Å². The van der Waals surface area contributed by atoms with Crippen molar-refractivity contribution in [1.29, 1.82) is 0 Å². The van der Waals surface area contributed by atoms with Crippen molar-refractivity contribution in [2.75, 3.05) is 13.1 Å². The van der Waals surface area contributed by atoms with Crippen molar-refractivity contribution < 1.29 is 14.7 Å². The van der Waals surface area contributed by atoms with E-state index in [9.17, 15) is 14.7 Å². The Balaban J connectivity index is 2.61. The van der Waals surface area contributed by atoms with Gasteiger partial charge in [-0.3, -0.25) is 4.90 Å². The third-order valence-corrected chi connectivity index (χ3v) is 3.84. The zero-order chi connectivity index (χ0) is 14.0. The molecular weight excluding hydrogens is 242 g/mol. The van der Waals surface area contributed by atoms with Crippen LogP contribution in [0, 0.1) is 0 Å². The van der Waals surface area contributed by atoms with Crippen LogP contribution in [0.1, 0.15) is 37.3 Å². The van der Waals surface area contributed by atoms with Crippen LogP contribution < -0.4 is 0 Å². The fraction of sp³-hybridized carbons (Fsp3) is 0.467. The highest BCUT2D eigenvalue weighted by atomic mass is 16.4. The van der Waals surface area contributed by atoms with E-state index in [1.54, 1.807) is 17.0 Å². The molecule has 0 saturated carbocycles. The minimum absolute atomic E-state index is 0.177. The second-order valence-electron chi connectivity index (χ2n) is 5.27. The number of carbonyl (C=O) groups excluding carboxylic acids is 1. The summed E-state index contributed by atoms with van der Waals surface area (Å²) >= 11 is 0. The molecule has 1 aliphatic heterocycles. The van der Waals surface area contributed by atoms with Gasteiger partial charge in [0, 0.05) is 13.1 Å². The highest BCUT2D eigenvalue weighted by Gasteiger charge is 2.49. The number of aliphatic carboxylic acids is 1. The Morgan fingerprint density at radius 2 is 2.00 bits per heavy atom. The van der Waals surface area contributed by atoms with Gasteiger partial charge in [-0.15, -0.1) is 0 Å². The van der Waals surface area contributed by atoms with E-state index in [-0.39, 0.29) is 5.92 Å². The lowest BCUT2D eigenvalue weighted by molar-refractivity contribution is -0.158. The van der Waals surface area contributed by atoms with Gasteiger partial charge in [0.05, 0.1) is 0 Å². The van der Waals surface area contributed by atoms with E-state index in [4.69, 9.17) is 0 Å². The molecule has 102 valence electrons. The first-order chi connectivity index (χ1) is 9.04. The van der Waals surface area contributed by atoms with Gasteiger partial charge in [-0.05, 0) is 23.5 Å². The van der Waals surface area contributed by atoms with Crippen LogP contribution in [0.15, 0.2) is 24.3 Å². The van der Waals surface area contributed by atoms with Crippen molar-refractivity contribution >= 4 is 12.3 Å². The molecule has 1 unspecified atom stereocenters. The fourth-order valence-corrected chi connectivity index (χ4v) is 2.63. The second-order valence-corrected chi connectivity index (χ2v) is 5.27. The highest BCUT2D eigenvalue weighted by Crippen LogP contribution is 2.35. The second kappa shape index (κ2) is 5.13. The number of hydrogen-bond acceptors (Lipinski definition) is 3. The highest BCUT2D eigenvalue weighted by molar-refractivity contribution is 5.99. The molecule has 0 aromatic heterocycles. The quantitative estimate of drug-likeness (QED) is 0.650. The van der Waals surface area contributed by atoms with Gasteiger partial charge in [-0.25, -0.2) is 4.79 Å². The fourth-order valence-electron chi connectivity index (χ4n) is 2.63. The molecule has 1 fully saturated rings. The predicted molar refractivity (Wildman–Crippen MR) is 72.1 cm³/mol. The van der Waals surface area contributed by atoms with Crippen molar-refractivity contribution in [1.82, 2.24) is 4.90 Å². The molecule has 4 heteroatoms. The maximum Gasteiger partial charge on any atom is 0.336 e. The molecule has 19 heavy (non-hydrogen) atoms. The summed E-state index contributed by atoms with van der Waals surface area (Å²) in [6, 6.07) is 7.34. The molecule has 1 aliphatic rings. The summed E-state index contributed by atoms with van der Waals surface area (Å²) in [5, 5.41) is 9.65. The summed E-state index contributed by atoms with van der Waals surface area (Å²) in [6.45, 7) is 5.31. The molecule has 1 N–H and O–H groups in total. The van der Waals surface area contributed by atoms with Crippen molar-refractivity contribution in [3.63, 3.8) is 0 Å². The first kappa shape index (κ1) is 13.7. The summed E-state index contributed by atoms with van der Waals surface area (Å²) in [5.74, 6) is -0.911. The lowest BCUT2D eigenvalue weighted by Gasteiger charge is -2.43. The van der Waals surface area contributed by atoms with Gasteiger partial charge < -0.3 is 9.90 Å². The van der Waals surface area contributed by atoms with Gasteiger partial charge in [0.1, 0.15) is 0 Å². The van der Waals surface area contributed by atoms with E-state index in [0.29, 0.717) is 24.9 Å². The molecule has 0 amide bonds. The zero-order valence-corrected chi connectivity index (χ0v) is 11.3. The predicted octanol–water partition coefficient (Wildman–Crippen LogP) is 1.99. The number of likely N-dealkylation sites (tertiary alicyclic amines) is 1. The smallest absolute Gasteiger partial charge is 0.336 e. The molecular formula is C15H19NO3. The lowest BCUT2D eigenvalue weighted by atomic mass is 9.81. The van der Waals surface area contributed by atoms with E-state index in [0.717, 1.165) is 12.0 Å². The number of benzene rings is 1. The number of carboxylic acids is 1. The van der Waals surface area contributed by atoms with Crippen molar-refractivity contribution in [3.8, 4) is 0 Å². The monoisotopic (exact) mass is 261 g/mol. The van der Waals surface area contributed by atoms with E-state index in [2.05, 4.69) is 0 Å². The summed E-state index contributed by atoms with van der Waals surface area (Å²) < 4.78 is 0. The van der Waals surface area contributed by atoms with Gasteiger partial charge in [-0.1, -0.05) is 38.1 Å². The average molecular weight is 261 g/mol. The van der Waals surface area contributed by atoms with Crippen LogP contribution in [0.5, 0.6) is 0 Å². The van der Waals surface area contributed by atoms with Crippen LogP contribution in [-0.2, 0) is 15.1 Å². The van der Waals surface area contributed by atoms with Gasteiger partial charge in [-0.2, -0.15) is 0 Å². The van der Waals surface area contributed by atoms with E-state index in [1.807, 2.05) is 26.0 Å². The number of nitrogens with zero attached hydrogens (tertiary/aromatic N) is 1. The third kappa shape index (κ3) is 2.06.